The predicted molar refractivity (Wildman–Crippen MR) is 59.4 cm³/mol. The Kier molecular flexibility index (Phi) is 4.78. The number of carbonyl (C=O) groups is 1. The van der Waals surface area contributed by atoms with E-state index in [1.54, 1.807) is 24.3 Å². The van der Waals surface area contributed by atoms with Crippen LogP contribution in [0, 0.1) is 0 Å². The summed E-state index contributed by atoms with van der Waals surface area (Å²) in [6.45, 7) is 0. The van der Waals surface area contributed by atoms with Gasteiger partial charge in [0.05, 0.1) is 24.3 Å². The van der Waals surface area contributed by atoms with Gasteiger partial charge in [0.15, 0.2) is 0 Å². The molecule has 1 aromatic rings. The summed E-state index contributed by atoms with van der Waals surface area (Å²) in [4.78, 5) is 11.5. The molecule has 1 unspecified atom stereocenters. The van der Waals surface area contributed by atoms with Crippen molar-refractivity contribution >= 4 is 28.4 Å². The average Bonchev–Trinajstić information content (AvgIpc) is 2.25. The van der Waals surface area contributed by atoms with Crippen molar-refractivity contribution in [3.8, 4) is 0 Å². The van der Waals surface area contributed by atoms with E-state index in [4.69, 9.17) is 11.6 Å². The molecule has 0 aliphatic heterocycles. The first kappa shape index (κ1) is 12.2. The van der Waals surface area contributed by atoms with Gasteiger partial charge in [-0.2, -0.15) is 0 Å². The molecule has 0 heterocycles. The van der Waals surface area contributed by atoms with E-state index in [0.29, 0.717) is 9.92 Å². The fourth-order valence-corrected chi connectivity index (χ4v) is 2.34. The van der Waals surface area contributed by atoms with Crippen LogP contribution in [-0.4, -0.2) is 23.0 Å². The Morgan fingerprint density at radius 1 is 1.53 bits per heavy atom. The number of ether oxygens (including phenoxy) is 1. The van der Waals surface area contributed by atoms with Gasteiger partial charge in [0.25, 0.3) is 0 Å². The highest BCUT2D eigenvalue weighted by molar-refractivity contribution is 7.85. The molecule has 1 rings (SSSR count). The number of halogens is 1. The first-order chi connectivity index (χ1) is 7.13. The highest BCUT2D eigenvalue weighted by Gasteiger charge is 2.07. The summed E-state index contributed by atoms with van der Waals surface area (Å²) in [5.41, 5.74) is 0. The highest BCUT2D eigenvalue weighted by atomic mass is 35.5. The number of benzene rings is 1. The smallest absolute Gasteiger partial charge is 0.306 e. The Morgan fingerprint density at radius 2 is 2.27 bits per heavy atom. The van der Waals surface area contributed by atoms with Crippen molar-refractivity contribution < 1.29 is 13.7 Å². The van der Waals surface area contributed by atoms with Crippen molar-refractivity contribution in [2.45, 2.75) is 11.3 Å². The standard InChI is InChI=1S/C10H11ClO3S/c1-14-10(12)5-6-15(13)9-4-2-3-8(11)7-9/h2-4,7H,5-6H2,1H3. The number of methoxy groups -OCH3 is 1. The van der Waals surface area contributed by atoms with Crippen molar-refractivity contribution in [2.24, 2.45) is 0 Å². The average molecular weight is 247 g/mol. The molecule has 0 aliphatic rings. The zero-order valence-electron chi connectivity index (χ0n) is 8.23. The van der Waals surface area contributed by atoms with Crippen LogP contribution in [0.1, 0.15) is 6.42 Å². The Hall–Kier alpha value is -0.870. The van der Waals surface area contributed by atoms with Crippen LogP contribution in [0.5, 0.6) is 0 Å². The van der Waals surface area contributed by atoms with Crippen molar-refractivity contribution in [3.05, 3.63) is 29.3 Å². The zero-order valence-corrected chi connectivity index (χ0v) is 9.81. The van der Waals surface area contributed by atoms with Crippen LogP contribution >= 0.6 is 11.6 Å². The second-order valence-corrected chi connectivity index (χ2v) is 4.84. The van der Waals surface area contributed by atoms with E-state index in [1.165, 1.54) is 7.11 Å². The van der Waals surface area contributed by atoms with Gasteiger partial charge in [0.1, 0.15) is 0 Å². The predicted octanol–water partition coefficient (Wildman–Crippen LogP) is 2.01. The summed E-state index contributed by atoms with van der Waals surface area (Å²) in [6.07, 6.45) is 0.148. The van der Waals surface area contributed by atoms with Crippen molar-refractivity contribution in [1.82, 2.24) is 0 Å². The Balaban J connectivity index is 2.58. The van der Waals surface area contributed by atoms with E-state index in [9.17, 15) is 9.00 Å². The molecule has 0 fully saturated rings. The fraction of sp³-hybridized carbons (Fsp3) is 0.300. The van der Waals surface area contributed by atoms with Crippen molar-refractivity contribution in [1.29, 1.82) is 0 Å². The molecule has 82 valence electrons. The molecular weight excluding hydrogens is 236 g/mol. The number of hydrogen-bond acceptors (Lipinski definition) is 3. The Labute approximate surface area is 95.8 Å². The summed E-state index contributed by atoms with van der Waals surface area (Å²) in [5, 5.41) is 0.541. The topological polar surface area (TPSA) is 43.4 Å². The minimum Gasteiger partial charge on any atom is -0.469 e. The molecule has 0 amide bonds. The van der Waals surface area contributed by atoms with E-state index in [1.807, 2.05) is 0 Å². The normalized spacial score (nSPS) is 12.1. The zero-order chi connectivity index (χ0) is 11.3. The summed E-state index contributed by atoms with van der Waals surface area (Å²) in [7, 11) is 0.109. The fourth-order valence-electron chi connectivity index (χ4n) is 1.00. The summed E-state index contributed by atoms with van der Waals surface area (Å²) >= 11 is 5.75. The van der Waals surface area contributed by atoms with E-state index in [-0.39, 0.29) is 18.1 Å². The van der Waals surface area contributed by atoms with Crippen LogP contribution in [0.4, 0.5) is 0 Å². The number of hydrogen-bond donors (Lipinski definition) is 0. The van der Waals surface area contributed by atoms with Gasteiger partial charge < -0.3 is 4.74 Å². The van der Waals surface area contributed by atoms with Gasteiger partial charge in [0.2, 0.25) is 0 Å². The lowest BCUT2D eigenvalue weighted by atomic mass is 10.4. The third-order valence-electron chi connectivity index (χ3n) is 1.78. The number of rotatable bonds is 4. The van der Waals surface area contributed by atoms with Crippen LogP contribution in [0.25, 0.3) is 0 Å². The molecule has 0 N–H and O–H groups in total. The van der Waals surface area contributed by atoms with Gasteiger partial charge >= 0.3 is 5.97 Å². The first-order valence-corrected chi connectivity index (χ1v) is 6.04. The van der Waals surface area contributed by atoms with E-state index in [2.05, 4.69) is 4.74 Å². The second-order valence-electron chi connectivity index (χ2n) is 2.83. The maximum Gasteiger partial charge on any atom is 0.306 e. The lowest BCUT2D eigenvalue weighted by Gasteiger charge is -2.01. The molecule has 3 nitrogen and oxygen atoms in total. The largest absolute Gasteiger partial charge is 0.469 e. The summed E-state index contributed by atoms with van der Waals surface area (Å²) < 4.78 is 16.1. The lowest BCUT2D eigenvalue weighted by molar-refractivity contribution is -0.140. The first-order valence-electron chi connectivity index (χ1n) is 4.34. The van der Waals surface area contributed by atoms with Crippen molar-refractivity contribution in [3.63, 3.8) is 0 Å². The molecule has 0 saturated heterocycles. The summed E-state index contributed by atoms with van der Waals surface area (Å²) in [5.74, 6) is -0.0992. The molecule has 5 heteroatoms. The van der Waals surface area contributed by atoms with Gasteiger partial charge in [-0.05, 0) is 18.2 Å². The maximum absolute atomic E-state index is 11.7. The minimum atomic E-state index is -1.20. The molecule has 15 heavy (non-hydrogen) atoms. The third kappa shape index (κ3) is 4.01. The monoisotopic (exact) mass is 246 g/mol. The SMILES string of the molecule is COC(=O)CCS(=O)c1cccc(Cl)c1. The quantitative estimate of drug-likeness (QED) is 0.764. The number of esters is 1. The molecule has 0 radical (unpaired) electrons. The van der Waals surface area contributed by atoms with Gasteiger partial charge in [-0.3, -0.25) is 9.00 Å². The molecule has 1 atom stereocenters. The molecule has 0 saturated carbocycles. The van der Waals surface area contributed by atoms with E-state index in [0.717, 1.165) is 0 Å². The summed E-state index contributed by atoms with van der Waals surface area (Å²) in [6, 6.07) is 6.80. The molecular formula is C10H11ClO3S. The molecule has 0 bridgehead atoms. The molecule has 0 spiro atoms. The van der Waals surface area contributed by atoms with E-state index >= 15 is 0 Å². The van der Waals surface area contributed by atoms with Gasteiger partial charge in [0, 0.05) is 15.7 Å². The van der Waals surface area contributed by atoms with Gasteiger partial charge in [-0.15, -0.1) is 0 Å². The highest BCUT2D eigenvalue weighted by Crippen LogP contribution is 2.14. The van der Waals surface area contributed by atoms with E-state index < -0.39 is 10.8 Å². The van der Waals surface area contributed by atoms with Crippen LogP contribution in [0.15, 0.2) is 29.2 Å². The van der Waals surface area contributed by atoms with Crippen LogP contribution in [0.3, 0.4) is 0 Å². The lowest BCUT2D eigenvalue weighted by Crippen LogP contribution is -2.07. The second kappa shape index (κ2) is 5.88. The Bertz CT molecular complexity index is 379. The van der Waals surface area contributed by atoms with Crippen LogP contribution < -0.4 is 0 Å². The van der Waals surface area contributed by atoms with Crippen molar-refractivity contribution in [2.75, 3.05) is 12.9 Å². The molecule has 0 aromatic heterocycles. The third-order valence-corrected chi connectivity index (χ3v) is 3.37. The van der Waals surface area contributed by atoms with Gasteiger partial charge in [-0.25, -0.2) is 0 Å². The number of carbonyl (C=O) groups excluding carboxylic acids is 1. The Morgan fingerprint density at radius 3 is 2.87 bits per heavy atom. The van der Waals surface area contributed by atoms with Crippen LogP contribution in [0.2, 0.25) is 5.02 Å². The minimum absolute atomic E-state index is 0.148. The van der Waals surface area contributed by atoms with Crippen LogP contribution in [-0.2, 0) is 20.3 Å². The molecule has 0 aliphatic carbocycles. The van der Waals surface area contributed by atoms with Gasteiger partial charge in [-0.1, -0.05) is 17.7 Å². The maximum atomic E-state index is 11.7. The molecule has 1 aromatic carbocycles.